The summed E-state index contributed by atoms with van der Waals surface area (Å²) in [4.78, 5) is 36.8. The second-order valence-corrected chi connectivity index (χ2v) is 8.21. The van der Waals surface area contributed by atoms with Crippen LogP contribution in [0.3, 0.4) is 0 Å². The molecule has 0 aliphatic rings. The van der Waals surface area contributed by atoms with E-state index >= 15 is 0 Å². The van der Waals surface area contributed by atoms with Crippen molar-refractivity contribution >= 4 is 40.6 Å². The van der Waals surface area contributed by atoms with Crippen molar-refractivity contribution in [1.82, 2.24) is 10.6 Å². The molecule has 0 aliphatic heterocycles. The Kier molecular flexibility index (Phi) is 8.39. The molecule has 0 spiro atoms. The zero-order chi connectivity index (χ0) is 22.8. The number of benzene rings is 2. The molecule has 8 heteroatoms. The van der Waals surface area contributed by atoms with Gasteiger partial charge in [0.05, 0.1) is 4.88 Å². The summed E-state index contributed by atoms with van der Waals surface area (Å²) in [5.74, 6) is -0.206. The molecule has 0 saturated heterocycles. The highest BCUT2D eigenvalue weighted by Gasteiger charge is 2.07. The zero-order valence-corrected chi connectivity index (χ0v) is 18.6. The molecular weight excluding hydrogens is 424 g/mol. The Balaban J connectivity index is 1.38. The average molecular weight is 451 g/mol. The fourth-order valence-corrected chi connectivity index (χ4v) is 3.65. The lowest BCUT2D eigenvalue weighted by molar-refractivity contribution is -0.121. The molecule has 0 saturated carbocycles. The molecule has 4 N–H and O–H groups in total. The highest BCUT2D eigenvalue weighted by atomic mass is 32.1. The standard InChI is InChI=1S/C24H26N4O3S/c1-17-6-2-8-19(14-17)27-24(31)28-20-9-3-7-18(15-20)16-26-22(29)11-4-12-25-23(30)21-10-5-13-32-21/h2-3,5-10,13-15H,4,11-12,16H2,1H3,(H,25,30)(H,26,29)(H2,27,28,31). The van der Waals surface area contributed by atoms with Crippen molar-refractivity contribution in [3.05, 3.63) is 82.0 Å². The maximum absolute atomic E-state index is 12.2. The molecule has 166 valence electrons. The van der Waals surface area contributed by atoms with Crippen molar-refractivity contribution in [3.8, 4) is 0 Å². The van der Waals surface area contributed by atoms with E-state index in [1.54, 1.807) is 12.1 Å². The van der Waals surface area contributed by atoms with Gasteiger partial charge in [0.2, 0.25) is 5.91 Å². The summed E-state index contributed by atoms with van der Waals surface area (Å²) < 4.78 is 0. The first kappa shape index (κ1) is 23.0. The third kappa shape index (κ3) is 7.55. The number of carbonyl (C=O) groups is 3. The average Bonchev–Trinajstić information content (AvgIpc) is 3.30. The van der Waals surface area contributed by atoms with Crippen LogP contribution < -0.4 is 21.3 Å². The Bertz CT molecular complexity index is 1070. The van der Waals surface area contributed by atoms with Gasteiger partial charge in [-0.15, -0.1) is 11.3 Å². The fraction of sp³-hybridized carbons (Fsp3) is 0.208. The van der Waals surface area contributed by atoms with Gasteiger partial charge in [-0.3, -0.25) is 9.59 Å². The number of urea groups is 1. The predicted molar refractivity (Wildman–Crippen MR) is 128 cm³/mol. The first-order valence-corrected chi connectivity index (χ1v) is 11.2. The van der Waals surface area contributed by atoms with Crippen molar-refractivity contribution in [2.45, 2.75) is 26.3 Å². The summed E-state index contributed by atoms with van der Waals surface area (Å²) in [6, 6.07) is 18.1. The number of thiophene rings is 1. The summed E-state index contributed by atoms with van der Waals surface area (Å²) >= 11 is 1.39. The van der Waals surface area contributed by atoms with Gasteiger partial charge in [-0.1, -0.05) is 30.3 Å². The lowest BCUT2D eigenvalue weighted by Gasteiger charge is -2.10. The van der Waals surface area contributed by atoms with Crippen LogP contribution in [0.5, 0.6) is 0 Å². The van der Waals surface area contributed by atoms with E-state index < -0.39 is 0 Å². The highest BCUT2D eigenvalue weighted by molar-refractivity contribution is 7.12. The largest absolute Gasteiger partial charge is 0.352 e. The van der Waals surface area contributed by atoms with Gasteiger partial charge in [-0.05, 0) is 60.2 Å². The van der Waals surface area contributed by atoms with E-state index in [1.807, 2.05) is 60.8 Å². The Morgan fingerprint density at radius 1 is 0.875 bits per heavy atom. The van der Waals surface area contributed by atoms with Gasteiger partial charge in [0, 0.05) is 30.9 Å². The van der Waals surface area contributed by atoms with Crippen molar-refractivity contribution in [3.63, 3.8) is 0 Å². The zero-order valence-electron chi connectivity index (χ0n) is 17.8. The molecule has 3 aromatic rings. The summed E-state index contributed by atoms with van der Waals surface area (Å²) in [5.41, 5.74) is 3.29. The number of anilines is 2. The molecule has 0 bridgehead atoms. The maximum atomic E-state index is 12.2. The molecule has 4 amide bonds. The summed E-state index contributed by atoms with van der Waals surface area (Å²) in [6.07, 6.45) is 0.880. The van der Waals surface area contributed by atoms with Crippen LogP contribution in [0.2, 0.25) is 0 Å². The van der Waals surface area contributed by atoms with Crippen LogP contribution in [0, 0.1) is 6.92 Å². The molecular formula is C24H26N4O3S. The lowest BCUT2D eigenvalue weighted by Crippen LogP contribution is -2.27. The number of amides is 4. The molecule has 3 rings (SSSR count). The molecule has 7 nitrogen and oxygen atoms in total. The minimum absolute atomic E-state index is 0.0917. The van der Waals surface area contributed by atoms with E-state index in [0.717, 1.165) is 16.8 Å². The Hall–Kier alpha value is -3.65. The van der Waals surface area contributed by atoms with E-state index in [9.17, 15) is 14.4 Å². The quantitative estimate of drug-likeness (QED) is 0.361. The van der Waals surface area contributed by atoms with Gasteiger partial charge >= 0.3 is 6.03 Å². The van der Waals surface area contributed by atoms with Crippen molar-refractivity contribution < 1.29 is 14.4 Å². The molecule has 1 heterocycles. The van der Waals surface area contributed by atoms with Gasteiger partial charge in [0.15, 0.2) is 0 Å². The van der Waals surface area contributed by atoms with Crippen LogP contribution in [0.4, 0.5) is 16.2 Å². The van der Waals surface area contributed by atoms with Crippen molar-refractivity contribution in [1.29, 1.82) is 0 Å². The number of hydrogen-bond donors (Lipinski definition) is 4. The summed E-state index contributed by atoms with van der Waals surface area (Å²) in [6.45, 7) is 2.76. The highest BCUT2D eigenvalue weighted by Crippen LogP contribution is 2.13. The fourth-order valence-electron chi connectivity index (χ4n) is 3.01. The van der Waals surface area contributed by atoms with Gasteiger partial charge < -0.3 is 21.3 Å². The van der Waals surface area contributed by atoms with E-state index in [-0.39, 0.29) is 17.8 Å². The number of carbonyl (C=O) groups excluding carboxylic acids is 3. The Labute approximate surface area is 191 Å². The maximum Gasteiger partial charge on any atom is 0.323 e. The SMILES string of the molecule is Cc1cccc(NC(=O)Nc2cccc(CNC(=O)CCCNC(=O)c3cccs3)c2)c1. The molecule has 0 aliphatic carbocycles. The normalized spacial score (nSPS) is 10.3. The molecule has 32 heavy (non-hydrogen) atoms. The molecule has 1 aromatic heterocycles. The third-order valence-electron chi connectivity index (χ3n) is 4.56. The minimum Gasteiger partial charge on any atom is -0.352 e. The van der Waals surface area contributed by atoms with Crippen LogP contribution in [-0.2, 0) is 11.3 Å². The first-order chi connectivity index (χ1) is 15.5. The smallest absolute Gasteiger partial charge is 0.323 e. The van der Waals surface area contributed by atoms with Gasteiger partial charge in [0.25, 0.3) is 5.91 Å². The molecule has 0 atom stereocenters. The Morgan fingerprint density at radius 3 is 2.34 bits per heavy atom. The number of nitrogens with one attached hydrogen (secondary N) is 4. The van der Waals surface area contributed by atoms with Crippen LogP contribution in [0.1, 0.15) is 33.6 Å². The van der Waals surface area contributed by atoms with Crippen LogP contribution >= 0.6 is 11.3 Å². The van der Waals surface area contributed by atoms with E-state index in [1.165, 1.54) is 11.3 Å². The predicted octanol–water partition coefficient (Wildman–Crippen LogP) is 4.53. The van der Waals surface area contributed by atoms with E-state index in [4.69, 9.17) is 0 Å². The third-order valence-corrected chi connectivity index (χ3v) is 5.43. The summed E-state index contributed by atoms with van der Waals surface area (Å²) in [7, 11) is 0. The van der Waals surface area contributed by atoms with Gasteiger partial charge in [0.1, 0.15) is 0 Å². The molecule has 2 aromatic carbocycles. The van der Waals surface area contributed by atoms with Crippen molar-refractivity contribution in [2.75, 3.05) is 17.2 Å². The second kappa shape index (κ2) is 11.7. The van der Waals surface area contributed by atoms with Gasteiger partial charge in [-0.2, -0.15) is 0 Å². The molecule has 0 unspecified atom stereocenters. The number of hydrogen-bond acceptors (Lipinski definition) is 4. The van der Waals surface area contributed by atoms with E-state index in [2.05, 4.69) is 21.3 Å². The minimum atomic E-state index is -0.332. The number of aryl methyl sites for hydroxylation is 1. The molecule has 0 fully saturated rings. The lowest BCUT2D eigenvalue weighted by atomic mass is 10.2. The monoisotopic (exact) mass is 450 g/mol. The second-order valence-electron chi connectivity index (χ2n) is 7.26. The number of rotatable bonds is 9. The van der Waals surface area contributed by atoms with E-state index in [0.29, 0.717) is 36.5 Å². The van der Waals surface area contributed by atoms with Crippen molar-refractivity contribution in [2.24, 2.45) is 0 Å². The van der Waals surface area contributed by atoms with Crippen LogP contribution in [0.25, 0.3) is 0 Å². The van der Waals surface area contributed by atoms with Gasteiger partial charge in [-0.25, -0.2) is 4.79 Å². The summed E-state index contributed by atoms with van der Waals surface area (Å²) in [5, 5.41) is 13.1. The topological polar surface area (TPSA) is 99.3 Å². The first-order valence-electron chi connectivity index (χ1n) is 10.3. The molecule has 0 radical (unpaired) electrons. The Morgan fingerprint density at radius 2 is 1.62 bits per heavy atom. The van der Waals surface area contributed by atoms with Crippen LogP contribution in [0.15, 0.2) is 66.0 Å². The van der Waals surface area contributed by atoms with Crippen LogP contribution in [-0.4, -0.2) is 24.4 Å².